The lowest BCUT2D eigenvalue weighted by Crippen LogP contribution is -2.51. The number of cyclic esters (lactones) is 1. The minimum atomic E-state index is -2.15. The number of esters is 1. The molecular formula is C35H59NO6SSi2. The van der Waals surface area contributed by atoms with Gasteiger partial charge in [0, 0.05) is 23.1 Å². The van der Waals surface area contributed by atoms with Gasteiger partial charge in [-0.1, -0.05) is 33.8 Å². The molecule has 3 unspecified atom stereocenters. The second kappa shape index (κ2) is 16.8. The summed E-state index contributed by atoms with van der Waals surface area (Å²) in [6.07, 6.45) is 9.66. The molecule has 7 nitrogen and oxygen atoms in total. The third kappa shape index (κ3) is 13.0. The highest BCUT2D eigenvalue weighted by atomic mass is 32.1. The van der Waals surface area contributed by atoms with E-state index in [1.54, 1.807) is 24.7 Å². The van der Waals surface area contributed by atoms with E-state index < -0.39 is 34.3 Å². The first-order valence-corrected chi connectivity index (χ1v) is 24.0. The summed E-state index contributed by atoms with van der Waals surface area (Å²) >= 11 is 1.59. The predicted molar refractivity (Wildman–Crippen MR) is 191 cm³/mol. The summed E-state index contributed by atoms with van der Waals surface area (Å²) in [5, 5.41) is 2.99. The van der Waals surface area contributed by atoms with Crippen molar-refractivity contribution in [2.75, 3.05) is 7.11 Å². The van der Waals surface area contributed by atoms with Gasteiger partial charge in [0.15, 0.2) is 16.6 Å². The highest BCUT2D eigenvalue weighted by molar-refractivity contribution is 7.09. The van der Waals surface area contributed by atoms with E-state index in [-0.39, 0.29) is 36.1 Å². The van der Waals surface area contributed by atoms with Crippen LogP contribution < -0.4 is 0 Å². The Balaban J connectivity index is 2.62. The maximum atomic E-state index is 14.4. The molecule has 254 valence electrons. The van der Waals surface area contributed by atoms with Crippen molar-refractivity contribution in [3.63, 3.8) is 0 Å². The van der Waals surface area contributed by atoms with Gasteiger partial charge < -0.3 is 18.3 Å². The summed E-state index contributed by atoms with van der Waals surface area (Å²) in [6.45, 7) is 24.8. The molecular weight excluding hydrogens is 619 g/mol. The smallest absolute Gasteiger partial charge is 0.309 e. The number of nitrogens with zero attached hydrogens (tertiary/aromatic N) is 1. The zero-order valence-electron chi connectivity index (χ0n) is 30.1. The topological polar surface area (TPSA) is 84.0 Å². The van der Waals surface area contributed by atoms with Gasteiger partial charge in [-0.25, -0.2) is 4.98 Å². The van der Waals surface area contributed by atoms with Crippen LogP contribution in [-0.2, 0) is 27.9 Å². The lowest BCUT2D eigenvalue weighted by molar-refractivity contribution is -0.153. The first kappa shape index (κ1) is 39.3. The molecule has 45 heavy (non-hydrogen) atoms. The van der Waals surface area contributed by atoms with Crippen LogP contribution in [0.2, 0.25) is 39.3 Å². The van der Waals surface area contributed by atoms with Crippen molar-refractivity contribution in [3.05, 3.63) is 45.6 Å². The molecule has 2 rings (SSSR count). The molecule has 1 aromatic heterocycles. The Morgan fingerprint density at radius 2 is 1.73 bits per heavy atom. The average molecular weight is 678 g/mol. The van der Waals surface area contributed by atoms with Gasteiger partial charge in [-0.2, -0.15) is 0 Å². The number of ether oxygens (including phenoxy) is 2. The van der Waals surface area contributed by atoms with Crippen LogP contribution in [0.15, 0.2) is 34.9 Å². The van der Waals surface area contributed by atoms with Gasteiger partial charge in [0.25, 0.3) is 0 Å². The first-order chi connectivity index (χ1) is 20.7. The van der Waals surface area contributed by atoms with Crippen LogP contribution in [0.1, 0.15) is 77.4 Å². The Labute approximate surface area is 279 Å². The molecule has 5 atom stereocenters. The maximum Gasteiger partial charge on any atom is 0.309 e. The second-order valence-electron chi connectivity index (χ2n) is 15.1. The number of ketones is 1. The van der Waals surface area contributed by atoms with Crippen molar-refractivity contribution in [1.29, 1.82) is 0 Å². The number of methoxy groups -OCH3 is 1. The molecule has 0 amide bonds. The lowest BCUT2D eigenvalue weighted by Gasteiger charge is -2.41. The largest absolute Gasteiger partial charge is 0.504 e. The van der Waals surface area contributed by atoms with Crippen molar-refractivity contribution in [2.24, 2.45) is 17.3 Å². The zero-order chi connectivity index (χ0) is 34.2. The normalized spacial score (nSPS) is 28.1. The number of Topliss-reactive ketones (excluding diaryl/α,β-unsaturated/α-hetero) is 1. The van der Waals surface area contributed by atoms with E-state index in [0.717, 1.165) is 41.1 Å². The maximum absolute atomic E-state index is 14.4. The van der Waals surface area contributed by atoms with Crippen LogP contribution in [0.3, 0.4) is 0 Å². The SMILES string of the molecule is COC=C/C1=C/C[C@@H](/C(C)=C/c2csc(C)n2)OC(=O)CC(O[Si](C)(C)C)C(C)(C)C(=O)[C@H](C)C(O[Si](C)(C)C)C(C)CCC1. The van der Waals surface area contributed by atoms with Gasteiger partial charge in [0.05, 0.1) is 42.7 Å². The fourth-order valence-electron chi connectivity index (χ4n) is 5.80. The number of rotatable bonds is 8. The Morgan fingerprint density at radius 3 is 2.29 bits per heavy atom. The minimum absolute atomic E-state index is 0.00936. The van der Waals surface area contributed by atoms with Gasteiger partial charge in [-0.05, 0) is 102 Å². The van der Waals surface area contributed by atoms with Gasteiger partial charge in [-0.3, -0.25) is 9.59 Å². The van der Waals surface area contributed by atoms with Gasteiger partial charge in [0.1, 0.15) is 11.9 Å². The van der Waals surface area contributed by atoms with Gasteiger partial charge in [-0.15, -0.1) is 11.3 Å². The average Bonchev–Trinajstić information content (AvgIpc) is 3.32. The standard InChI is InChI=1S/C35H59NO6SSi2/c1-24-15-14-16-28(19-20-39-7)17-18-30(25(2)21-29-23-43-27(4)36-29)40-32(37)22-31(41-44(8,9)10)35(5,6)34(38)26(3)33(24)42-45(11,12)13/h17,19-21,23-24,26,30-31,33H,14-16,18,22H2,1-13H3/b20-19?,25-21+,28-17+/t24?,26-,30+,31?,33?/m1/s1. The lowest BCUT2D eigenvalue weighted by atomic mass is 9.73. The van der Waals surface area contributed by atoms with Crippen LogP contribution in [0.25, 0.3) is 6.08 Å². The number of allylic oxidation sites excluding steroid dienone is 2. The molecule has 1 aliphatic rings. The summed E-state index contributed by atoms with van der Waals surface area (Å²) in [5.74, 6) is -0.498. The van der Waals surface area contributed by atoms with Crippen molar-refractivity contribution >= 4 is 45.8 Å². The Morgan fingerprint density at radius 1 is 1.09 bits per heavy atom. The summed E-state index contributed by atoms with van der Waals surface area (Å²) in [4.78, 5) is 32.8. The molecule has 0 radical (unpaired) electrons. The number of aromatic nitrogens is 1. The molecule has 1 aromatic rings. The highest BCUT2D eigenvalue weighted by Gasteiger charge is 2.46. The Kier molecular flexibility index (Phi) is 14.7. The van der Waals surface area contributed by atoms with E-state index in [1.807, 2.05) is 52.2 Å². The fraction of sp³-hybridized carbons (Fsp3) is 0.686. The van der Waals surface area contributed by atoms with Crippen molar-refractivity contribution in [3.8, 4) is 0 Å². The van der Waals surface area contributed by atoms with Crippen molar-refractivity contribution in [2.45, 2.75) is 131 Å². The van der Waals surface area contributed by atoms with E-state index in [0.29, 0.717) is 6.42 Å². The molecule has 0 saturated heterocycles. The molecule has 1 aliphatic heterocycles. The monoisotopic (exact) mass is 677 g/mol. The quantitative estimate of drug-likeness (QED) is 0.154. The zero-order valence-corrected chi connectivity index (χ0v) is 32.9. The number of aryl methyl sites for hydroxylation is 1. The number of carbonyl (C=O) groups excluding carboxylic acids is 2. The fourth-order valence-corrected chi connectivity index (χ4v) is 8.86. The molecule has 0 N–H and O–H groups in total. The number of hydrogen-bond acceptors (Lipinski definition) is 8. The molecule has 0 bridgehead atoms. The van der Waals surface area contributed by atoms with E-state index in [1.165, 1.54) is 0 Å². The molecule has 10 heteroatoms. The molecule has 0 fully saturated rings. The van der Waals surface area contributed by atoms with E-state index in [9.17, 15) is 9.59 Å². The van der Waals surface area contributed by atoms with E-state index in [2.05, 4.69) is 57.3 Å². The van der Waals surface area contributed by atoms with Crippen LogP contribution >= 0.6 is 11.3 Å². The summed E-state index contributed by atoms with van der Waals surface area (Å²) in [6, 6.07) is 0. The summed E-state index contributed by atoms with van der Waals surface area (Å²) < 4.78 is 24.9. The second-order valence-corrected chi connectivity index (χ2v) is 25.1. The Hall–Kier alpha value is -1.86. The number of hydrogen-bond donors (Lipinski definition) is 0. The highest BCUT2D eigenvalue weighted by Crippen LogP contribution is 2.37. The van der Waals surface area contributed by atoms with Crippen molar-refractivity contribution in [1.82, 2.24) is 4.98 Å². The van der Waals surface area contributed by atoms with Crippen LogP contribution in [-0.4, -0.2) is 58.8 Å². The molecule has 0 aliphatic carbocycles. The first-order valence-electron chi connectivity index (χ1n) is 16.3. The van der Waals surface area contributed by atoms with Crippen LogP contribution in [0.5, 0.6) is 0 Å². The Bertz CT molecular complexity index is 1220. The van der Waals surface area contributed by atoms with Crippen LogP contribution in [0, 0.1) is 24.2 Å². The summed E-state index contributed by atoms with van der Waals surface area (Å²) in [7, 11) is -2.48. The van der Waals surface area contributed by atoms with Crippen molar-refractivity contribution < 1.29 is 27.9 Å². The third-order valence-corrected chi connectivity index (χ3v) is 10.9. The molecule has 0 spiro atoms. The van der Waals surface area contributed by atoms with Crippen LogP contribution in [0.4, 0.5) is 0 Å². The van der Waals surface area contributed by atoms with E-state index >= 15 is 0 Å². The number of carbonyl (C=O) groups is 2. The van der Waals surface area contributed by atoms with Gasteiger partial charge in [0.2, 0.25) is 0 Å². The van der Waals surface area contributed by atoms with E-state index in [4.69, 9.17) is 18.3 Å². The molecule has 0 aromatic carbocycles. The molecule has 0 saturated carbocycles. The molecule has 2 heterocycles. The summed E-state index contributed by atoms with van der Waals surface area (Å²) in [5.41, 5.74) is 1.95. The minimum Gasteiger partial charge on any atom is -0.504 e. The predicted octanol–water partition coefficient (Wildman–Crippen LogP) is 9.12. The third-order valence-electron chi connectivity index (χ3n) is 8.18. The van der Waals surface area contributed by atoms with Gasteiger partial charge >= 0.3 is 5.97 Å². The number of thiazole rings is 1.